The third-order valence-corrected chi connectivity index (χ3v) is 6.71. The van der Waals surface area contributed by atoms with E-state index >= 15 is 0 Å². The third-order valence-electron chi connectivity index (χ3n) is 5.68. The molecule has 0 saturated heterocycles. The molecule has 0 N–H and O–H groups in total. The Morgan fingerprint density at radius 3 is 2.47 bits per heavy atom. The van der Waals surface area contributed by atoms with Crippen molar-refractivity contribution in [1.29, 1.82) is 0 Å². The van der Waals surface area contributed by atoms with Crippen molar-refractivity contribution < 1.29 is 14.2 Å². The maximum Gasteiger partial charge on any atom is 0.214 e. The van der Waals surface area contributed by atoms with Gasteiger partial charge in [0, 0.05) is 27.0 Å². The van der Waals surface area contributed by atoms with Crippen LogP contribution in [0.5, 0.6) is 17.2 Å². The fourth-order valence-corrected chi connectivity index (χ4v) is 4.98. The highest BCUT2D eigenvalue weighted by molar-refractivity contribution is 9.10. The molecule has 2 aliphatic rings. The molecular formula is C24H19BrCl2N2O3. The summed E-state index contributed by atoms with van der Waals surface area (Å²) in [5.74, 6) is 1.90. The van der Waals surface area contributed by atoms with Gasteiger partial charge in [-0.05, 0) is 48.0 Å². The van der Waals surface area contributed by atoms with Crippen LogP contribution in [0, 0.1) is 0 Å². The van der Waals surface area contributed by atoms with Crippen molar-refractivity contribution in [2.24, 2.45) is 5.10 Å². The molecule has 2 unspecified atom stereocenters. The van der Waals surface area contributed by atoms with Crippen LogP contribution in [-0.2, 0) is 0 Å². The average molecular weight is 534 g/mol. The van der Waals surface area contributed by atoms with E-state index in [2.05, 4.69) is 28.1 Å². The Hall–Kier alpha value is -2.41. The van der Waals surface area contributed by atoms with Crippen LogP contribution in [0.25, 0.3) is 0 Å². The zero-order valence-corrected chi connectivity index (χ0v) is 20.4. The van der Waals surface area contributed by atoms with Crippen LogP contribution in [0.4, 0.5) is 0 Å². The van der Waals surface area contributed by atoms with Crippen molar-refractivity contribution in [2.75, 3.05) is 14.2 Å². The summed E-state index contributed by atoms with van der Waals surface area (Å²) in [6.45, 7) is 0. The van der Waals surface area contributed by atoms with E-state index in [4.69, 9.17) is 42.5 Å². The third kappa shape index (κ3) is 3.70. The van der Waals surface area contributed by atoms with Gasteiger partial charge in [0.1, 0.15) is 5.75 Å². The quantitative estimate of drug-likeness (QED) is 0.361. The van der Waals surface area contributed by atoms with Gasteiger partial charge >= 0.3 is 0 Å². The van der Waals surface area contributed by atoms with Crippen LogP contribution in [0.3, 0.4) is 0 Å². The molecule has 164 valence electrons. The first-order chi connectivity index (χ1) is 15.5. The number of benzene rings is 3. The summed E-state index contributed by atoms with van der Waals surface area (Å²) in [5.41, 5.74) is 3.84. The van der Waals surface area contributed by atoms with E-state index in [9.17, 15) is 0 Å². The Bertz CT molecular complexity index is 1220. The van der Waals surface area contributed by atoms with Crippen molar-refractivity contribution in [2.45, 2.75) is 18.7 Å². The summed E-state index contributed by atoms with van der Waals surface area (Å²) < 4.78 is 18.3. The first kappa shape index (κ1) is 21.4. The van der Waals surface area contributed by atoms with Gasteiger partial charge in [0.05, 0.1) is 31.0 Å². The van der Waals surface area contributed by atoms with Crippen LogP contribution in [0.1, 0.15) is 35.4 Å². The number of fused-ring (bicyclic) bond motifs is 3. The van der Waals surface area contributed by atoms with Crippen LogP contribution in [0.2, 0.25) is 10.0 Å². The molecule has 2 atom stereocenters. The molecule has 8 heteroatoms. The van der Waals surface area contributed by atoms with Gasteiger partial charge in [0.25, 0.3) is 0 Å². The molecular weight excluding hydrogens is 515 g/mol. The average Bonchev–Trinajstić information content (AvgIpc) is 3.24. The lowest BCUT2D eigenvalue weighted by Gasteiger charge is -2.38. The SMILES string of the molecule is COc1ccc(C2Oc3c(Cl)cc(Cl)cc3C3CC(c4ccc(Br)cc4)=NN32)cc1OC. The maximum absolute atomic E-state index is 6.55. The molecule has 0 spiro atoms. The minimum Gasteiger partial charge on any atom is -0.493 e. The Labute approximate surface area is 204 Å². The van der Waals surface area contributed by atoms with Crippen molar-refractivity contribution in [3.63, 3.8) is 0 Å². The first-order valence-electron chi connectivity index (χ1n) is 9.97. The standard InChI is InChI=1S/C24H19BrCl2N2O3/c1-30-21-8-5-14(9-22(21)31-2)24-29-20(17-10-16(26)11-18(27)23(17)32-24)12-19(28-29)13-3-6-15(25)7-4-13/h3-11,20,24H,12H2,1-2H3. The molecule has 0 fully saturated rings. The molecule has 0 aromatic heterocycles. The van der Waals surface area contributed by atoms with Crippen LogP contribution in [0.15, 0.2) is 64.2 Å². The smallest absolute Gasteiger partial charge is 0.214 e. The molecule has 3 aromatic rings. The number of ether oxygens (including phenoxy) is 3. The fraction of sp³-hybridized carbons (Fsp3) is 0.208. The molecule has 0 saturated carbocycles. The van der Waals surface area contributed by atoms with Gasteiger partial charge in [-0.15, -0.1) is 0 Å². The molecule has 3 aromatic carbocycles. The van der Waals surface area contributed by atoms with Crippen molar-refractivity contribution in [3.8, 4) is 17.2 Å². The van der Waals surface area contributed by atoms with Gasteiger partial charge in [0.2, 0.25) is 6.23 Å². The maximum atomic E-state index is 6.55. The first-order valence-corrected chi connectivity index (χ1v) is 11.5. The predicted octanol–water partition coefficient (Wildman–Crippen LogP) is 7.02. The summed E-state index contributed by atoms with van der Waals surface area (Å²) in [7, 11) is 3.22. The summed E-state index contributed by atoms with van der Waals surface area (Å²) in [4.78, 5) is 0. The number of rotatable bonds is 4. The van der Waals surface area contributed by atoms with Gasteiger partial charge < -0.3 is 14.2 Å². The summed E-state index contributed by atoms with van der Waals surface area (Å²) >= 11 is 16.4. The van der Waals surface area contributed by atoms with E-state index in [1.54, 1.807) is 20.3 Å². The van der Waals surface area contributed by atoms with E-state index in [0.29, 0.717) is 33.7 Å². The van der Waals surface area contributed by atoms with E-state index < -0.39 is 6.23 Å². The molecule has 0 amide bonds. The van der Waals surface area contributed by atoms with Crippen molar-refractivity contribution in [1.82, 2.24) is 5.01 Å². The van der Waals surface area contributed by atoms with E-state index in [1.807, 2.05) is 41.4 Å². The van der Waals surface area contributed by atoms with Gasteiger partial charge in [-0.1, -0.05) is 51.3 Å². The second-order valence-electron chi connectivity index (χ2n) is 7.54. The normalized spacial score (nSPS) is 19.0. The highest BCUT2D eigenvalue weighted by Gasteiger charge is 2.42. The Balaban J connectivity index is 1.62. The van der Waals surface area contributed by atoms with Crippen molar-refractivity contribution in [3.05, 3.63) is 85.8 Å². The summed E-state index contributed by atoms with van der Waals surface area (Å²) in [5, 5.41) is 8.00. The molecule has 2 heterocycles. The lowest BCUT2D eigenvalue weighted by atomic mass is 9.96. The lowest BCUT2D eigenvalue weighted by Crippen LogP contribution is -2.33. The second-order valence-corrected chi connectivity index (χ2v) is 9.30. The number of nitrogens with zero attached hydrogens (tertiary/aromatic N) is 2. The number of hydrogen-bond donors (Lipinski definition) is 0. The minimum atomic E-state index is -0.487. The summed E-state index contributed by atoms with van der Waals surface area (Å²) in [6.07, 6.45) is 0.220. The zero-order valence-electron chi connectivity index (χ0n) is 17.3. The van der Waals surface area contributed by atoms with E-state index in [0.717, 1.165) is 26.9 Å². The van der Waals surface area contributed by atoms with Gasteiger partial charge in [-0.3, -0.25) is 0 Å². The number of hydrazone groups is 1. The topological polar surface area (TPSA) is 43.3 Å². The fourth-order valence-electron chi connectivity index (χ4n) is 4.16. The Morgan fingerprint density at radius 1 is 1.00 bits per heavy atom. The predicted molar refractivity (Wildman–Crippen MR) is 129 cm³/mol. The monoisotopic (exact) mass is 532 g/mol. The Kier molecular flexibility index (Phi) is 5.70. The highest BCUT2D eigenvalue weighted by atomic mass is 79.9. The van der Waals surface area contributed by atoms with Crippen molar-refractivity contribution >= 4 is 44.8 Å². The second kappa shape index (κ2) is 8.50. The molecule has 32 heavy (non-hydrogen) atoms. The van der Waals surface area contributed by atoms with E-state index in [-0.39, 0.29) is 6.04 Å². The molecule has 2 aliphatic heterocycles. The number of methoxy groups -OCH3 is 2. The Morgan fingerprint density at radius 2 is 1.75 bits per heavy atom. The van der Waals surface area contributed by atoms with Gasteiger partial charge in [-0.2, -0.15) is 5.10 Å². The summed E-state index contributed by atoms with van der Waals surface area (Å²) in [6, 6.07) is 17.4. The zero-order chi connectivity index (χ0) is 22.4. The van der Waals surface area contributed by atoms with Gasteiger partial charge in [-0.25, -0.2) is 5.01 Å². The molecule has 0 aliphatic carbocycles. The highest BCUT2D eigenvalue weighted by Crippen LogP contribution is 2.51. The number of hydrogen-bond acceptors (Lipinski definition) is 5. The molecule has 0 radical (unpaired) electrons. The van der Waals surface area contributed by atoms with Gasteiger partial charge in [0.15, 0.2) is 11.5 Å². The largest absolute Gasteiger partial charge is 0.493 e. The van der Waals surface area contributed by atoms with Crippen LogP contribution >= 0.6 is 39.1 Å². The van der Waals surface area contributed by atoms with E-state index in [1.165, 1.54) is 0 Å². The molecule has 5 rings (SSSR count). The lowest BCUT2D eigenvalue weighted by molar-refractivity contribution is -0.0190. The minimum absolute atomic E-state index is 0.0632. The molecule has 5 nitrogen and oxygen atoms in total. The molecule has 0 bridgehead atoms. The number of halogens is 3. The van der Waals surface area contributed by atoms with Crippen LogP contribution < -0.4 is 14.2 Å². The van der Waals surface area contributed by atoms with Crippen LogP contribution in [-0.4, -0.2) is 24.9 Å².